The number of nitrogens with two attached hydrogens (primary N) is 1. The molecular weight excluding hydrogens is 260 g/mol. The van der Waals surface area contributed by atoms with Gasteiger partial charge in [-0.05, 0) is 43.4 Å². The molecule has 1 aromatic heterocycles. The number of rotatable bonds is 4. The molecule has 0 unspecified atom stereocenters. The number of anilines is 2. The van der Waals surface area contributed by atoms with E-state index in [0.717, 1.165) is 37.3 Å². The summed E-state index contributed by atoms with van der Waals surface area (Å²) in [4.78, 5) is 7.27. The summed E-state index contributed by atoms with van der Waals surface area (Å²) in [6.45, 7) is 4.43. The predicted molar refractivity (Wildman–Crippen MR) is 89.6 cm³/mol. The fourth-order valence-corrected chi connectivity index (χ4v) is 3.20. The quantitative estimate of drug-likeness (QED) is 0.667. The van der Waals surface area contributed by atoms with Gasteiger partial charge in [0, 0.05) is 18.5 Å². The van der Waals surface area contributed by atoms with E-state index in [2.05, 4.69) is 41.5 Å². The second-order valence-corrected chi connectivity index (χ2v) is 5.79. The van der Waals surface area contributed by atoms with Crippen LogP contribution in [0, 0.1) is 0 Å². The minimum atomic E-state index is 0.814. The van der Waals surface area contributed by atoms with E-state index in [9.17, 15) is 0 Å². The molecule has 4 heteroatoms. The molecule has 1 aliphatic heterocycles. The van der Waals surface area contributed by atoms with E-state index in [0.29, 0.717) is 0 Å². The van der Waals surface area contributed by atoms with Gasteiger partial charge in [-0.25, -0.2) is 10.8 Å². The van der Waals surface area contributed by atoms with Crippen molar-refractivity contribution in [1.82, 2.24) is 4.98 Å². The maximum Gasteiger partial charge on any atom is 0.143 e. The van der Waals surface area contributed by atoms with Gasteiger partial charge >= 0.3 is 0 Å². The number of hydrogen-bond acceptors (Lipinski definition) is 4. The molecule has 3 rings (SSSR count). The van der Waals surface area contributed by atoms with Gasteiger partial charge in [0.2, 0.25) is 0 Å². The summed E-state index contributed by atoms with van der Waals surface area (Å²) < 4.78 is 0. The van der Waals surface area contributed by atoms with E-state index < -0.39 is 0 Å². The molecule has 0 radical (unpaired) electrons. The molecule has 1 aliphatic rings. The van der Waals surface area contributed by atoms with Gasteiger partial charge < -0.3 is 10.3 Å². The molecule has 0 atom stereocenters. The number of aryl methyl sites for hydroxylation is 1. The molecule has 21 heavy (non-hydrogen) atoms. The Hall–Kier alpha value is -1.81. The molecule has 1 aromatic carbocycles. The Kier molecular flexibility index (Phi) is 4.25. The summed E-state index contributed by atoms with van der Waals surface area (Å²) in [5, 5.41) is 1.21. The molecule has 1 saturated heterocycles. The van der Waals surface area contributed by atoms with Crippen molar-refractivity contribution in [3.8, 4) is 0 Å². The normalized spacial score (nSPS) is 15.4. The average molecular weight is 284 g/mol. The van der Waals surface area contributed by atoms with Crippen molar-refractivity contribution in [2.45, 2.75) is 39.0 Å². The van der Waals surface area contributed by atoms with Crippen LogP contribution < -0.4 is 16.2 Å². The molecule has 0 amide bonds. The van der Waals surface area contributed by atoms with E-state index in [1.54, 1.807) is 0 Å². The first kappa shape index (κ1) is 14.1. The highest BCUT2D eigenvalue weighted by Crippen LogP contribution is 2.30. The van der Waals surface area contributed by atoms with Gasteiger partial charge in [-0.1, -0.05) is 25.5 Å². The van der Waals surface area contributed by atoms with Gasteiger partial charge in [-0.3, -0.25) is 0 Å². The highest BCUT2D eigenvalue weighted by Gasteiger charge is 2.15. The Morgan fingerprint density at radius 1 is 1.24 bits per heavy atom. The number of aromatic nitrogens is 1. The lowest BCUT2D eigenvalue weighted by molar-refractivity contribution is 0.579. The second-order valence-electron chi connectivity index (χ2n) is 5.79. The van der Waals surface area contributed by atoms with E-state index in [-0.39, 0.29) is 0 Å². The van der Waals surface area contributed by atoms with E-state index in [4.69, 9.17) is 10.8 Å². The fourth-order valence-electron chi connectivity index (χ4n) is 3.20. The third-order valence-corrected chi connectivity index (χ3v) is 4.26. The molecule has 0 spiro atoms. The van der Waals surface area contributed by atoms with Gasteiger partial charge in [0.25, 0.3) is 0 Å². The van der Waals surface area contributed by atoms with Crippen molar-refractivity contribution in [3.05, 3.63) is 29.8 Å². The molecule has 2 heterocycles. The Morgan fingerprint density at radius 3 is 2.76 bits per heavy atom. The molecular formula is C17H24N4. The summed E-state index contributed by atoms with van der Waals surface area (Å²) in [5.74, 6) is 6.49. The number of hydrogen-bond donors (Lipinski definition) is 2. The Labute approximate surface area is 126 Å². The lowest BCUT2D eigenvalue weighted by Gasteiger charge is -2.29. The van der Waals surface area contributed by atoms with Crippen LogP contribution in [0.4, 0.5) is 11.5 Å². The number of piperidine rings is 1. The summed E-state index contributed by atoms with van der Waals surface area (Å²) in [7, 11) is 0. The number of pyridine rings is 1. The van der Waals surface area contributed by atoms with Crippen LogP contribution in [0.25, 0.3) is 10.9 Å². The van der Waals surface area contributed by atoms with Crippen LogP contribution in [0.2, 0.25) is 0 Å². The maximum absolute atomic E-state index is 5.67. The van der Waals surface area contributed by atoms with Gasteiger partial charge in [0.05, 0.1) is 11.2 Å². The number of benzene rings is 1. The summed E-state index contributed by atoms with van der Waals surface area (Å²) >= 11 is 0. The molecule has 0 bridgehead atoms. The van der Waals surface area contributed by atoms with Crippen LogP contribution in [-0.4, -0.2) is 18.1 Å². The number of nitrogens with one attached hydrogen (secondary N) is 1. The smallest absolute Gasteiger partial charge is 0.143 e. The number of hydrazine groups is 1. The zero-order valence-electron chi connectivity index (χ0n) is 12.7. The van der Waals surface area contributed by atoms with Crippen molar-refractivity contribution < 1.29 is 0 Å². The third-order valence-electron chi connectivity index (χ3n) is 4.26. The minimum Gasteiger partial charge on any atom is -0.370 e. The van der Waals surface area contributed by atoms with Crippen LogP contribution in [0.15, 0.2) is 24.3 Å². The SMILES string of the molecule is CCCc1cc2cccc(N3CCCCC3)c2nc1NN. The topological polar surface area (TPSA) is 54.2 Å². The van der Waals surface area contributed by atoms with Crippen LogP contribution >= 0.6 is 0 Å². The number of nitrogens with zero attached hydrogens (tertiary/aromatic N) is 2. The average Bonchev–Trinajstić information content (AvgIpc) is 2.54. The largest absolute Gasteiger partial charge is 0.370 e. The molecule has 3 N–H and O–H groups in total. The van der Waals surface area contributed by atoms with E-state index in [1.807, 2.05) is 0 Å². The minimum absolute atomic E-state index is 0.814. The standard InChI is InChI=1S/C17H24N4/c1-2-7-14-12-13-8-6-9-15(16(13)19-17(14)20-18)21-10-4-3-5-11-21/h6,8-9,12H,2-5,7,10-11,18H2,1H3,(H,19,20). The lowest BCUT2D eigenvalue weighted by Crippen LogP contribution is -2.29. The highest BCUT2D eigenvalue weighted by atomic mass is 15.3. The Bertz CT molecular complexity index is 617. The van der Waals surface area contributed by atoms with Gasteiger partial charge in [-0.15, -0.1) is 0 Å². The fraction of sp³-hybridized carbons (Fsp3) is 0.471. The van der Waals surface area contributed by atoms with Crippen molar-refractivity contribution in [1.29, 1.82) is 0 Å². The zero-order chi connectivity index (χ0) is 14.7. The summed E-state index contributed by atoms with van der Waals surface area (Å²) in [6.07, 6.45) is 5.97. The van der Waals surface area contributed by atoms with Gasteiger partial charge in [0.15, 0.2) is 0 Å². The Morgan fingerprint density at radius 2 is 2.05 bits per heavy atom. The van der Waals surface area contributed by atoms with Crippen LogP contribution in [0.1, 0.15) is 38.2 Å². The van der Waals surface area contributed by atoms with Crippen LogP contribution in [0.5, 0.6) is 0 Å². The van der Waals surface area contributed by atoms with E-state index >= 15 is 0 Å². The van der Waals surface area contributed by atoms with Crippen molar-refractivity contribution in [2.24, 2.45) is 5.84 Å². The highest BCUT2D eigenvalue weighted by molar-refractivity contribution is 5.92. The van der Waals surface area contributed by atoms with Crippen molar-refractivity contribution in [2.75, 3.05) is 23.4 Å². The predicted octanol–water partition coefficient (Wildman–Crippen LogP) is 3.46. The number of nitrogen functional groups attached to an aromatic ring is 1. The first-order valence-corrected chi connectivity index (χ1v) is 7.97. The molecule has 1 fully saturated rings. The van der Waals surface area contributed by atoms with Gasteiger partial charge in [0.1, 0.15) is 5.82 Å². The van der Waals surface area contributed by atoms with Gasteiger partial charge in [-0.2, -0.15) is 0 Å². The lowest BCUT2D eigenvalue weighted by atomic mass is 10.1. The molecule has 2 aromatic rings. The Balaban J connectivity index is 2.09. The van der Waals surface area contributed by atoms with E-state index in [1.165, 1.54) is 35.9 Å². The van der Waals surface area contributed by atoms with Crippen molar-refractivity contribution in [3.63, 3.8) is 0 Å². The molecule has 0 saturated carbocycles. The third kappa shape index (κ3) is 2.81. The zero-order valence-corrected chi connectivity index (χ0v) is 12.7. The first-order chi connectivity index (χ1) is 10.3. The van der Waals surface area contributed by atoms with Crippen LogP contribution in [0.3, 0.4) is 0 Å². The molecule has 112 valence electrons. The number of fused-ring (bicyclic) bond motifs is 1. The molecule has 4 nitrogen and oxygen atoms in total. The summed E-state index contributed by atoms with van der Waals surface area (Å²) in [6, 6.07) is 8.70. The monoisotopic (exact) mass is 284 g/mol. The molecule has 0 aliphatic carbocycles. The second kappa shape index (κ2) is 6.31. The first-order valence-electron chi connectivity index (χ1n) is 7.97. The van der Waals surface area contributed by atoms with Crippen molar-refractivity contribution >= 4 is 22.4 Å². The maximum atomic E-state index is 5.67. The number of para-hydroxylation sites is 1. The van der Waals surface area contributed by atoms with Crippen LogP contribution in [-0.2, 0) is 6.42 Å². The summed E-state index contributed by atoms with van der Waals surface area (Å²) in [5.41, 5.74) is 6.28.